The molecule has 0 bridgehead atoms. The number of aliphatic hydroxyl groups excluding tert-OH is 1. The van der Waals surface area contributed by atoms with E-state index >= 15 is 0 Å². The smallest absolute Gasteiger partial charge is 0.225 e. The molecule has 4 heteroatoms. The zero-order chi connectivity index (χ0) is 10.8. The molecule has 0 aromatic rings. The highest BCUT2D eigenvalue weighted by Crippen LogP contribution is 2.16. The molecule has 0 aliphatic carbocycles. The normalized spacial score (nSPS) is 30.1. The van der Waals surface area contributed by atoms with E-state index < -0.39 is 6.10 Å². The summed E-state index contributed by atoms with van der Waals surface area (Å²) in [5.74, 6) is 0.105. The van der Waals surface area contributed by atoms with Crippen LogP contribution in [0.3, 0.4) is 0 Å². The molecule has 2 rings (SSSR count). The van der Waals surface area contributed by atoms with Gasteiger partial charge in [-0.1, -0.05) is 0 Å². The van der Waals surface area contributed by atoms with Crippen LogP contribution in [0.2, 0.25) is 0 Å². The first-order chi connectivity index (χ1) is 7.16. The van der Waals surface area contributed by atoms with Gasteiger partial charge in [-0.15, -0.1) is 0 Å². The van der Waals surface area contributed by atoms with E-state index in [-0.39, 0.29) is 5.91 Å². The van der Waals surface area contributed by atoms with Crippen LogP contribution in [0.5, 0.6) is 0 Å². The second-order valence-corrected chi connectivity index (χ2v) is 4.75. The molecule has 1 amide bonds. The summed E-state index contributed by atoms with van der Waals surface area (Å²) < 4.78 is 0. The Morgan fingerprint density at radius 3 is 2.67 bits per heavy atom. The number of β-amino-alcohol motifs (C(OH)–C–C–N with tert-alkyl or cyclic N) is 1. The highest BCUT2D eigenvalue weighted by Gasteiger charge is 2.30. The maximum absolute atomic E-state index is 11.5. The molecule has 2 fully saturated rings. The summed E-state index contributed by atoms with van der Waals surface area (Å²) in [5, 5.41) is 9.37. The van der Waals surface area contributed by atoms with Crippen molar-refractivity contribution in [2.24, 2.45) is 0 Å². The highest BCUT2D eigenvalue weighted by atomic mass is 16.3. The summed E-state index contributed by atoms with van der Waals surface area (Å²) in [4.78, 5) is 15.7. The minimum Gasteiger partial charge on any atom is -0.391 e. The zero-order valence-electron chi connectivity index (χ0n) is 9.35. The minimum atomic E-state index is -0.441. The van der Waals surface area contributed by atoms with Crippen LogP contribution in [-0.2, 0) is 4.79 Å². The van der Waals surface area contributed by atoms with Gasteiger partial charge in [0.1, 0.15) is 0 Å². The van der Waals surface area contributed by atoms with Gasteiger partial charge in [-0.25, -0.2) is 0 Å². The Bertz CT molecular complexity index is 239. The Morgan fingerprint density at radius 2 is 2.13 bits per heavy atom. The fourth-order valence-corrected chi connectivity index (χ4v) is 2.54. The molecule has 2 unspecified atom stereocenters. The summed E-state index contributed by atoms with van der Waals surface area (Å²) in [6, 6.07) is 0.432. The van der Waals surface area contributed by atoms with Crippen molar-refractivity contribution >= 4 is 5.91 Å². The van der Waals surface area contributed by atoms with Crippen molar-refractivity contribution in [3.05, 3.63) is 0 Å². The molecule has 15 heavy (non-hydrogen) atoms. The lowest BCUT2D eigenvalue weighted by Gasteiger charge is -2.28. The van der Waals surface area contributed by atoms with E-state index in [1.807, 2.05) is 0 Å². The average molecular weight is 212 g/mol. The molecule has 2 atom stereocenters. The first kappa shape index (κ1) is 10.9. The first-order valence-electron chi connectivity index (χ1n) is 5.86. The molecule has 4 nitrogen and oxygen atoms in total. The molecule has 2 aliphatic heterocycles. The lowest BCUT2D eigenvalue weighted by Crippen LogP contribution is -2.41. The predicted molar refractivity (Wildman–Crippen MR) is 57.5 cm³/mol. The van der Waals surface area contributed by atoms with Crippen LogP contribution in [0, 0.1) is 0 Å². The zero-order valence-corrected chi connectivity index (χ0v) is 9.35. The van der Waals surface area contributed by atoms with Crippen molar-refractivity contribution in [1.29, 1.82) is 0 Å². The second-order valence-electron chi connectivity index (χ2n) is 4.75. The quantitative estimate of drug-likeness (QED) is 0.719. The van der Waals surface area contributed by atoms with Crippen molar-refractivity contribution in [2.75, 3.05) is 26.2 Å². The van der Waals surface area contributed by atoms with E-state index in [2.05, 4.69) is 11.8 Å². The Kier molecular flexibility index (Phi) is 3.26. The van der Waals surface area contributed by atoms with Crippen LogP contribution in [0.15, 0.2) is 0 Å². The predicted octanol–water partition coefficient (Wildman–Crippen LogP) is 0.0639. The van der Waals surface area contributed by atoms with Crippen LogP contribution in [0.4, 0.5) is 0 Å². The number of rotatable bonds is 3. The van der Waals surface area contributed by atoms with Crippen LogP contribution in [-0.4, -0.2) is 59.1 Å². The van der Waals surface area contributed by atoms with Gasteiger partial charge in [0.05, 0.1) is 12.5 Å². The Balaban J connectivity index is 1.83. The summed E-state index contributed by atoms with van der Waals surface area (Å²) in [6.45, 7) is 5.79. The van der Waals surface area contributed by atoms with Gasteiger partial charge in [0.2, 0.25) is 5.91 Å². The van der Waals surface area contributed by atoms with Gasteiger partial charge < -0.3 is 10.0 Å². The molecule has 2 heterocycles. The van der Waals surface area contributed by atoms with Crippen molar-refractivity contribution in [3.63, 3.8) is 0 Å². The summed E-state index contributed by atoms with van der Waals surface area (Å²) in [7, 11) is 0. The third-order valence-corrected chi connectivity index (χ3v) is 3.44. The van der Waals surface area contributed by atoms with Crippen molar-refractivity contribution < 1.29 is 9.90 Å². The van der Waals surface area contributed by atoms with Crippen molar-refractivity contribution in [3.8, 4) is 0 Å². The van der Waals surface area contributed by atoms with E-state index in [1.54, 1.807) is 4.90 Å². The monoisotopic (exact) mass is 212 g/mol. The van der Waals surface area contributed by atoms with E-state index in [0.29, 0.717) is 19.0 Å². The number of carbonyl (C=O) groups is 1. The Morgan fingerprint density at radius 1 is 1.47 bits per heavy atom. The van der Waals surface area contributed by atoms with Crippen LogP contribution in [0.25, 0.3) is 0 Å². The third kappa shape index (κ3) is 2.49. The molecule has 0 spiro atoms. The number of hydrogen-bond acceptors (Lipinski definition) is 3. The van der Waals surface area contributed by atoms with Gasteiger partial charge in [-0.05, 0) is 32.9 Å². The lowest BCUT2D eigenvalue weighted by atomic mass is 10.3. The molecule has 1 N–H and O–H groups in total. The number of aliphatic hydroxyl groups is 1. The molecule has 0 radical (unpaired) electrons. The molecule has 0 aromatic heterocycles. The second kappa shape index (κ2) is 4.49. The minimum absolute atomic E-state index is 0.105. The summed E-state index contributed by atoms with van der Waals surface area (Å²) >= 11 is 0. The lowest BCUT2D eigenvalue weighted by molar-refractivity contribution is -0.128. The van der Waals surface area contributed by atoms with Gasteiger partial charge in [0.15, 0.2) is 0 Å². The standard InChI is InChI=1S/C11H20N2O2/c1-9(12-4-2-3-5-12)7-13-8-10(14)6-11(13)15/h9-10,14H,2-8H2,1H3. The molecule has 0 aromatic carbocycles. The molecule has 0 saturated carbocycles. The Hall–Kier alpha value is -0.610. The van der Waals surface area contributed by atoms with Gasteiger partial charge >= 0.3 is 0 Å². The fraction of sp³-hybridized carbons (Fsp3) is 0.909. The topological polar surface area (TPSA) is 43.8 Å². The first-order valence-corrected chi connectivity index (χ1v) is 5.86. The SMILES string of the molecule is CC(CN1CC(O)CC1=O)N1CCCC1. The fourth-order valence-electron chi connectivity index (χ4n) is 2.54. The summed E-state index contributed by atoms with van der Waals surface area (Å²) in [5.41, 5.74) is 0. The maximum atomic E-state index is 11.5. The van der Waals surface area contributed by atoms with Crippen LogP contribution < -0.4 is 0 Å². The molecule has 86 valence electrons. The average Bonchev–Trinajstić information content (AvgIpc) is 2.76. The number of amides is 1. The van der Waals surface area contributed by atoms with Gasteiger partial charge in [0.25, 0.3) is 0 Å². The van der Waals surface area contributed by atoms with E-state index in [9.17, 15) is 9.90 Å². The Labute approximate surface area is 90.9 Å². The number of carbonyl (C=O) groups excluding carboxylic acids is 1. The number of likely N-dealkylation sites (tertiary alicyclic amines) is 2. The highest BCUT2D eigenvalue weighted by molar-refractivity contribution is 5.79. The van der Waals surface area contributed by atoms with Crippen LogP contribution in [0.1, 0.15) is 26.2 Å². The van der Waals surface area contributed by atoms with Gasteiger partial charge in [0, 0.05) is 19.1 Å². The number of nitrogens with zero attached hydrogens (tertiary/aromatic N) is 2. The van der Waals surface area contributed by atoms with E-state index in [1.165, 1.54) is 12.8 Å². The van der Waals surface area contributed by atoms with E-state index in [0.717, 1.165) is 19.6 Å². The third-order valence-electron chi connectivity index (χ3n) is 3.44. The number of hydrogen-bond donors (Lipinski definition) is 1. The molecular formula is C11H20N2O2. The maximum Gasteiger partial charge on any atom is 0.225 e. The molecule has 2 saturated heterocycles. The van der Waals surface area contributed by atoms with Crippen LogP contribution >= 0.6 is 0 Å². The largest absolute Gasteiger partial charge is 0.391 e. The summed E-state index contributed by atoms with van der Waals surface area (Å²) in [6.07, 6.45) is 2.43. The van der Waals surface area contributed by atoms with Gasteiger partial charge in [-0.3, -0.25) is 9.69 Å². The van der Waals surface area contributed by atoms with Gasteiger partial charge in [-0.2, -0.15) is 0 Å². The molecule has 2 aliphatic rings. The van der Waals surface area contributed by atoms with E-state index in [4.69, 9.17) is 0 Å². The van der Waals surface area contributed by atoms with Crippen molar-refractivity contribution in [1.82, 2.24) is 9.80 Å². The molecular weight excluding hydrogens is 192 g/mol. The van der Waals surface area contributed by atoms with Crippen molar-refractivity contribution in [2.45, 2.75) is 38.3 Å².